The fourth-order valence-corrected chi connectivity index (χ4v) is 1.59. The van der Waals surface area contributed by atoms with Gasteiger partial charge in [-0.3, -0.25) is 4.98 Å². The minimum Gasteiger partial charge on any atom is -0.370 e. The zero-order valence-electron chi connectivity index (χ0n) is 9.67. The number of rotatable bonds is 4. The van der Waals surface area contributed by atoms with Crippen molar-refractivity contribution >= 4 is 11.5 Å². The number of nitrogen functional groups attached to an aromatic ring is 1. The summed E-state index contributed by atoms with van der Waals surface area (Å²) in [6.45, 7) is 0.816. The molecule has 0 bridgehead atoms. The molecule has 0 unspecified atom stereocenters. The zero-order valence-corrected chi connectivity index (χ0v) is 9.67. The number of hydrazine groups is 1. The normalized spacial score (nSPS) is 10.0. The van der Waals surface area contributed by atoms with Gasteiger partial charge in [0, 0.05) is 43.9 Å². The van der Waals surface area contributed by atoms with Gasteiger partial charge in [0.2, 0.25) is 0 Å². The Morgan fingerprint density at radius 3 is 2.71 bits per heavy atom. The molecular formula is C12H15N5. The number of hydrogen-bond donors (Lipinski definition) is 2. The molecule has 0 amide bonds. The fourth-order valence-electron chi connectivity index (χ4n) is 1.59. The molecule has 5 nitrogen and oxygen atoms in total. The number of aromatic nitrogens is 2. The molecule has 88 valence electrons. The Labute approximate surface area is 100 Å². The molecule has 0 fully saturated rings. The quantitative estimate of drug-likeness (QED) is 0.612. The minimum atomic E-state index is 0.657. The molecule has 0 atom stereocenters. The van der Waals surface area contributed by atoms with Crippen LogP contribution in [-0.4, -0.2) is 17.0 Å². The lowest BCUT2D eigenvalue weighted by Crippen LogP contribution is -2.17. The van der Waals surface area contributed by atoms with Crippen LogP contribution in [0.5, 0.6) is 0 Å². The van der Waals surface area contributed by atoms with Gasteiger partial charge in [0.1, 0.15) is 5.82 Å². The molecule has 0 aliphatic heterocycles. The summed E-state index contributed by atoms with van der Waals surface area (Å²) in [6, 6.07) is 7.85. The van der Waals surface area contributed by atoms with Crippen LogP contribution >= 0.6 is 0 Å². The van der Waals surface area contributed by atoms with E-state index < -0.39 is 0 Å². The van der Waals surface area contributed by atoms with E-state index in [1.54, 1.807) is 18.6 Å². The summed E-state index contributed by atoms with van der Waals surface area (Å²) in [4.78, 5) is 10.2. The summed E-state index contributed by atoms with van der Waals surface area (Å²) in [5, 5.41) is 0. The first-order valence-electron chi connectivity index (χ1n) is 5.32. The number of pyridine rings is 2. The highest BCUT2D eigenvalue weighted by Crippen LogP contribution is 2.17. The van der Waals surface area contributed by atoms with Gasteiger partial charge in [-0.25, -0.2) is 10.8 Å². The average Bonchev–Trinajstić information content (AvgIpc) is 2.40. The number of nitrogens with zero attached hydrogens (tertiary/aromatic N) is 3. The van der Waals surface area contributed by atoms with E-state index in [1.807, 2.05) is 31.3 Å². The van der Waals surface area contributed by atoms with Gasteiger partial charge >= 0.3 is 0 Å². The predicted octanol–water partition coefficient (Wildman–Crippen LogP) is 1.40. The highest BCUT2D eigenvalue weighted by Gasteiger charge is 2.03. The lowest BCUT2D eigenvalue weighted by Gasteiger charge is -2.19. The molecule has 5 heteroatoms. The van der Waals surface area contributed by atoms with Gasteiger partial charge < -0.3 is 10.3 Å². The summed E-state index contributed by atoms with van der Waals surface area (Å²) < 4.78 is 0. The van der Waals surface area contributed by atoms with E-state index >= 15 is 0 Å². The third-order valence-corrected chi connectivity index (χ3v) is 2.50. The Bertz CT molecular complexity index is 471. The molecule has 3 N–H and O–H groups in total. The smallest absolute Gasteiger partial charge is 0.141 e. The second kappa shape index (κ2) is 5.27. The second-order valence-corrected chi connectivity index (χ2v) is 3.76. The molecule has 2 aromatic heterocycles. The first kappa shape index (κ1) is 11.3. The highest BCUT2D eigenvalue weighted by molar-refractivity contribution is 5.53. The lowest BCUT2D eigenvalue weighted by molar-refractivity contribution is 0.917. The van der Waals surface area contributed by atoms with Crippen molar-refractivity contribution in [2.75, 3.05) is 17.4 Å². The van der Waals surface area contributed by atoms with Gasteiger partial charge in [-0.15, -0.1) is 0 Å². The molecule has 0 saturated heterocycles. The third-order valence-electron chi connectivity index (χ3n) is 2.50. The van der Waals surface area contributed by atoms with Crippen LogP contribution in [0.1, 0.15) is 5.56 Å². The molecule has 17 heavy (non-hydrogen) atoms. The number of anilines is 2. The van der Waals surface area contributed by atoms with Gasteiger partial charge in [0.15, 0.2) is 0 Å². The van der Waals surface area contributed by atoms with Crippen molar-refractivity contribution in [2.45, 2.75) is 6.54 Å². The molecule has 0 saturated carbocycles. The van der Waals surface area contributed by atoms with Crippen molar-refractivity contribution in [3.8, 4) is 0 Å². The van der Waals surface area contributed by atoms with Gasteiger partial charge in [0.25, 0.3) is 0 Å². The van der Waals surface area contributed by atoms with E-state index in [9.17, 15) is 0 Å². The Morgan fingerprint density at radius 2 is 2.00 bits per heavy atom. The monoisotopic (exact) mass is 229 g/mol. The predicted molar refractivity (Wildman–Crippen MR) is 68.4 cm³/mol. The van der Waals surface area contributed by atoms with Crippen molar-refractivity contribution in [1.82, 2.24) is 9.97 Å². The average molecular weight is 229 g/mol. The maximum Gasteiger partial charge on any atom is 0.141 e. The van der Waals surface area contributed by atoms with Crippen molar-refractivity contribution < 1.29 is 0 Å². The molecular weight excluding hydrogens is 214 g/mol. The van der Waals surface area contributed by atoms with E-state index in [0.29, 0.717) is 5.82 Å². The minimum absolute atomic E-state index is 0.657. The van der Waals surface area contributed by atoms with E-state index in [1.165, 1.54) is 5.56 Å². The number of nitrogens with two attached hydrogens (primary N) is 1. The summed E-state index contributed by atoms with van der Waals surface area (Å²) >= 11 is 0. The summed E-state index contributed by atoms with van der Waals surface area (Å²) in [5.74, 6) is 5.99. The molecule has 2 aromatic rings. The molecule has 2 rings (SSSR count). The molecule has 0 aromatic carbocycles. The Hall–Kier alpha value is -2.14. The highest BCUT2D eigenvalue weighted by atomic mass is 15.2. The van der Waals surface area contributed by atoms with Crippen LogP contribution in [0.3, 0.4) is 0 Å². The first-order valence-corrected chi connectivity index (χ1v) is 5.32. The van der Waals surface area contributed by atoms with Crippen LogP contribution in [0.25, 0.3) is 0 Å². The zero-order chi connectivity index (χ0) is 12.1. The Balaban J connectivity index is 2.11. The fraction of sp³-hybridized carbons (Fsp3) is 0.167. The Kier molecular flexibility index (Phi) is 3.52. The van der Waals surface area contributed by atoms with Gasteiger partial charge in [-0.1, -0.05) is 0 Å². The van der Waals surface area contributed by atoms with Gasteiger partial charge in [-0.05, 0) is 23.8 Å². The summed E-state index contributed by atoms with van der Waals surface area (Å²) in [5.41, 5.74) is 4.81. The van der Waals surface area contributed by atoms with Crippen LogP contribution in [0.15, 0.2) is 42.9 Å². The van der Waals surface area contributed by atoms with Gasteiger partial charge in [0.05, 0.1) is 0 Å². The van der Waals surface area contributed by atoms with E-state index in [-0.39, 0.29) is 0 Å². The van der Waals surface area contributed by atoms with Crippen LogP contribution in [-0.2, 0) is 6.54 Å². The van der Waals surface area contributed by atoms with Crippen molar-refractivity contribution in [2.24, 2.45) is 5.84 Å². The molecule has 0 aliphatic rings. The summed E-state index contributed by atoms with van der Waals surface area (Å²) in [7, 11) is 2.02. The standard InChI is InChI=1S/C12H15N5/c1-17(9-10-2-5-14-6-3-10)11-4-7-15-12(8-11)16-13/h2-8H,9,13H2,1H3,(H,15,16). The maximum absolute atomic E-state index is 5.33. The van der Waals surface area contributed by atoms with E-state index in [2.05, 4.69) is 20.3 Å². The van der Waals surface area contributed by atoms with Crippen LogP contribution in [0, 0.1) is 0 Å². The van der Waals surface area contributed by atoms with E-state index in [4.69, 9.17) is 5.84 Å². The molecule has 0 radical (unpaired) electrons. The van der Waals surface area contributed by atoms with Crippen LogP contribution in [0.2, 0.25) is 0 Å². The maximum atomic E-state index is 5.33. The van der Waals surface area contributed by atoms with Crippen molar-refractivity contribution in [3.05, 3.63) is 48.4 Å². The van der Waals surface area contributed by atoms with E-state index in [0.717, 1.165) is 12.2 Å². The van der Waals surface area contributed by atoms with Crippen LogP contribution in [0.4, 0.5) is 11.5 Å². The first-order chi connectivity index (χ1) is 8.29. The third kappa shape index (κ3) is 2.92. The molecule has 0 spiro atoms. The van der Waals surface area contributed by atoms with Crippen molar-refractivity contribution in [1.29, 1.82) is 0 Å². The van der Waals surface area contributed by atoms with Crippen molar-refractivity contribution in [3.63, 3.8) is 0 Å². The number of hydrogen-bond acceptors (Lipinski definition) is 5. The molecule has 2 heterocycles. The number of nitrogens with one attached hydrogen (secondary N) is 1. The SMILES string of the molecule is CN(Cc1ccncc1)c1ccnc(NN)c1. The summed E-state index contributed by atoms with van der Waals surface area (Å²) in [6.07, 6.45) is 5.32. The molecule has 0 aliphatic carbocycles. The largest absolute Gasteiger partial charge is 0.370 e. The lowest BCUT2D eigenvalue weighted by atomic mass is 10.2. The van der Waals surface area contributed by atoms with Gasteiger partial charge in [-0.2, -0.15) is 0 Å². The van der Waals surface area contributed by atoms with Crippen LogP contribution < -0.4 is 16.2 Å². The topological polar surface area (TPSA) is 67.1 Å². The second-order valence-electron chi connectivity index (χ2n) is 3.76. The Morgan fingerprint density at radius 1 is 1.24 bits per heavy atom.